The number of amides is 1. The van der Waals surface area contributed by atoms with Crippen molar-refractivity contribution in [2.45, 2.75) is 59.0 Å². The fourth-order valence-electron chi connectivity index (χ4n) is 2.21. The molecule has 0 aromatic rings. The predicted molar refractivity (Wildman–Crippen MR) is 74.5 cm³/mol. The van der Waals surface area contributed by atoms with Gasteiger partial charge in [-0.05, 0) is 39.2 Å². The van der Waals surface area contributed by atoms with Gasteiger partial charge in [-0.15, -0.1) is 12.4 Å². The van der Waals surface area contributed by atoms with Gasteiger partial charge < -0.3 is 10.6 Å². The van der Waals surface area contributed by atoms with Gasteiger partial charge in [-0.2, -0.15) is 0 Å². The highest BCUT2D eigenvalue weighted by Gasteiger charge is 2.26. The first-order valence-electron chi connectivity index (χ1n) is 6.58. The van der Waals surface area contributed by atoms with Crippen LogP contribution in [0.15, 0.2) is 0 Å². The molecule has 1 saturated heterocycles. The van der Waals surface area contributed by atoms with Crippen LogP contribution in [0.1, 0.15) is 47.0 Å². The maximum Gasteiger partial charge on any atom is 0.223 e. The largest absolute Gasteiger partial charge is 0.353 e. The van der Waals surface area contributed by atoms with Gasteiger partial charge in [0.25, 0.3) is 0 Å². The van der Waals surface area contributed by atoms with E-state index in [4.69, 9.17) is 0 Å². The first-order chi connectivity index (χ1) is 7.54. The zero-order chi connectivity index (χ0) is 12.1. The summed E-state index contributed by atoms with van der Waals surface area (Å²) in [4.78, 5) is 12.0. The Morgan fingerprint density at radius 1 is 1.47 bits per heavy atom. The summed E-state index contributed by atoms with van der Waals surface area (Å²) in [5.41, 5.74) is 0. The molecular weight excluding hydrogens is 236 g/mol. The van der Waals surface area contributed by atoms with Crippen LogP contribution in [0, 0.1) is 11.8 Å². The minimum Gasteiger partial charge on any atom is -0.353 e. The van der Waals surface area contributed by atoms with Gasteiger partial charge in [0.2, 0.25) is 5.91 Å². The van der Waals surface area contributed by atoms with Gasteiger partial charge in [-0.3, -0.25) is 4.79 Å². The first-order valence-corrected chi connectivity index (χ1v) is 6.58. The summed E-state index contributed by atoms with van der Waals surface area (Å²) in [5, 5.41) is 6.53. The molecule has 0 aliphatic carbocycles. The number of rotatable bonds is 4. The van der Waals surface area contributed by atoms with Crippen LogP contribution in [-0.4, -0.2) is 24.5 Å². The number of halogens is 1. The first kappa shape index (κ1) is 16.7. The number of hydrogen-bond donors (Lipinski definition) is 2. The average Bonchev–Trinajstić information content (AvgIpc) is 2.27. The lowest BCUT2D eigenvalue weighted by molar-refractivity contribution is -0.127. The fourth-order valence-corrected chi connectivity index (χ4v) is 2.21. The molecule has 0 bridgehead atoms. The standard InChI is InChI=1S/C13H26N2O.ClH/c1-5-9(2)11(4)15-13(16)12-6-7-14-10(3)8-12;/h9-12,14H,5-8H2,1-4H3,(H,15,16);1H/t9?,10-,11?,12-;/m0./s1. The summed E-state index contributed by atoms with van der Waals surface area (Å²) in [6.07, 6.45) is 3.06. The van der Waals surface area contributed by atoms with Crippen LogP contribution in [0.3, 0.4) is 0 Å². The van der Waals surface area contributed by atoms with Crippen molar-refractivity contribution < 1.29 is 4.79 Å². The predicted octanol–water partition coefficient (Wildman–Crippen LogP) is 2.35. The van der Waals surface area contributed by atoms with E-state index in [1.165, 1.54) is 0 Å². The van der Waals surface area contributed by atoms with E-state index in [1.807, 2.05) is 0 Å². The van der Waals surface area contributed by atoms with Crippen LogP contribution < -0.4 is 10.6 Å². The van der Waals surface area contributed by atoms with E-state index in [1.54, 1.807) is 0 Å². The quantitative estimate of drug-likeness (QED) is 0.817. The van der Waals surface area contributed by atoms with Gasteiger partial charge in [0.1, 0.15) is 0 Å². The Morgan fingerprint density at radius 3 is 2.65 bits per heavy atom. The van der Waals surface area contributed by atoms with Crippen LogP contribution >= 0.6 is 12.4 Å². The third kappa shape index (κ3) is 5.26. The molecule has 2 N–H and O–H groups in total. The van der Waals surface area contributed by atoms with E-state index < -0.39 is 0 Å². The molecule has 0 spiro atoms. The topological polar surface area (TPSA) is 41.1 Å². The lowest BCUT2D eigenvalue weighted by Gasteiger charge is -2.29. The second-order valence-corrected chi connectivity index (χ2v) is 5.26. The molecule has 0 saturated carbocycles. The molecule has 1 aliphatic rings. The molecule has 1 fully saturated rings. The fraction of sp³-hybridized carbons (Fsp3) is 0.923. The zero-order valence-electron chi connectivity index (χ0n) is 11.5. The van der Waals surface area contributed by atoms with Crippen molar-refractivity contribution in [2.24, 2.45) is 11.8 Å². The molecule has 0 aromatic carbocycles. The summed E-state index contributed by atoms with van der Waals surface area (Å²) in [6.45, 7) is 9.58. The van der Waals surface area contributed by atoms with Gasteiger partial charge in [0.05, 0.1) is 0 Å². The van der Waals surface area contributed by atoms with E-state index in [0.29, 0.717) is 18.0 Å². The van der Waals surface area contributed by atoms with Gasteiger partial charge >= 0.3 is 0 Å². The van der Waals surface area contributed by atoms with Crippen molar-refractivity contribution in [3.05, 3.63) is 0 Å². The normalized spacial score (nSPS) is 27.8. The van der Waals surface area contributed by atoms with Crippen LogP contribution in [0.2, 0.25) is 0 Å². The molecule has 1 amide bonds. The van der Waals surface area contributed by atoms with Crippen molar-refractivity contribution in [3.8, 4) is 0 Å². The van der Waals surface area contributed by atoms with Gasteiger partial charge in [-0.1, -0.05) is 20.3 Å². The molecule has 3 nitrogen and oxygen atoms in total. The van der Waals surface area contributed by atoms with Gasteiger partial charge in [-0.25, -0.2) is 0 Å². The number of nitrogens with one attached hydrogen (secondary N) is 2. The molecule has 1 aliphatic heterocycles. The molecular formula is C13H27ClN2O. The van der Waals surface area contributed by atoms with Crippen molar-refractivity contribution in [1.29, 1.82) is 0 Å². The SMILES string of the molecule is CCC(C)C(C)NC(=O)[C@H]1CCN[C@@H](C)C1.Cl. The highest BCUT2D eigenvalue weighted by atomic mass is 35.5. The molecule has 0 radical (unpaired) electrons. The lowest BCUT2D eigenvalue weighted by Crippen LogP contribution is -2.46. The number of carbonyl (C=O) groups excluding carboxylic acids is 1. The average molecular weight is 263 g/mol. The minimum absolute atomic E-state index is 0. The second-order valence-electron chi connectivity index (χ2n) is 5.26. The third-order valence-electron chi connectivity index (χ3n) is 3.86. The smallest absolute Gasteiger partial charge is 0.223 e. The molecule has 102 valence electrons. The van der Waals surface area contributed by atoms with Gasteiger partial charge in [0.15, 0.2) is 0 Å². The van der Waals surface area contributed by atoms with Crippen molar-refractivity contribution in [3.63, 3.8) is 0 Å². The summed E-state index contributed by atoms with van der Waals surface area (Å²) in [7, 11) is 0. The van der Waals surface area contributed by atoms with E-state index in [9.17, 15) is 4.79 Å². The summed E-state index contributed by atoms with van der Waals surface area (Å²) >= 11 is 0. The van der Waals surface area contributed by atoms with Crippen LogP contribution in [0.5, 0.6) is 0 Å². The van der Waals surface area contributed by atoms with Crippen molar-refractivity contribution in [2.75, 3.05) is 6.54 Å². The minimum atomic E-state index is 0. The second kappa shape index (κ2) is 7.93. The van der Waals surface area contributed by atoms with Crippen LogP contribution in [0.4, 0.5) is 0 Å². The maximum absolute atomic E-state index is 12.0. The maximum atomic E-state index is 12.0. The Labute approximate surface area is 112 Å². The Kier molecular flexibility index (Phi) is 7.80. The number of hydrogen-bond acceptors (Lipinski definition) is 2. The summed E-state index contributed by atoms with van der Waals surface area (Å²) < 4.78 is 0. The van der Waals surface area contributed by atoms with Crippen molar-refractivity contribution in [1.82, 2.24) is 10.6 Å². The zero-order valence-corrected chi connectivity index (χ0v) is 12.3. The van der Waals surface area contributed by atoms with E-state index in [2.05, 4.69) is 38.3 Å². The Bertz CT molecular complexity index is 235. The third-order valence-corrected chi connectivity index (χ3v) is 3.86. The van der Waals surface area contributed by atoms with Crippen LogP contribution in [0.25, 0.3) is 0 Å². The van der Waals surface area contributed by atoms with E-state index in [0.717, 1.165) is 25.8 Å². The highest BCUT2D eigenvalue weighted by molar-refractivity contribution is 5.85. The molecule has 4 heteroatoms. The van der Waals surface area contributed by atoms with E-state index >= 15 is 0 Å². The Hall–Kier alpha value is -0.280. The lowest BCUT2D eigenvalue weighted by atomic mass is 9.91. The Balaban J connectivity index is 0.00000256. The monoisotopic (exact) mass is 262 g/mol. The molecule has 1 rings (SSSR count). The van der Waals surface area contributed by atoms with Gasteiger partial charge in [0, 0.05) is 18.0 Å². The molecule has 2 unspecified atom stereocenters. The molecule has 4 atom stereocenters. The summed E-state index contributed by atoms with van der Waals surface area (Å²) in [5.74, 6) is 1.02. The Morgan fingerprint density at radius 2 is 2.12 bits per heavy atom. The number of piperidine rings is 1. The molecule has 1 heterocycles. The molecule has 17 heavy (non-hydrogen) atoms. The number of carbonyl (C=O) groups is 1. The van der Waals surface area contributed by atoms with Crippen molar-refractivity contribution >= 4 is 18.3 Å². The summed E-state index contributed by atoms with van der Waals surface area (Å²) in [6, 6.07) is 0.770. The van der Waals surface area contributed by atoms with Crippen LogP contribution in [-0.2, 0) is 4.79 Å². The van der Waals surface area contributed by atoms with E-state index in [-0.39, 0.29) is 24.2 Å². The highest BCUT2D eigenvalue weighted by Crippen LogP contribution is 2.17. The molecule has 0 aromatic heterocycles.